The molecule has 2 rings (SSSR count). The Morgan fingerprint density at radius 1 is 1.06 bits per heavy atom. The van der Waals surface area contributed by atoms with Crippen LogP contribution in [-0.4, -0.2) is 43.2 Å². The lowest BCUT2D eigenvalue weighted by molar-refractivity contribution is -0.137. The first-order chi connectivity index (χ1) is 15.9. The molecule has 34 heavy (non-hydrogen) atoms. The van der Waals surface area contributed by atoms with Crippen molar-refractivity contribution in [2.24, 2.45) is 0 Å². The zero-order chi connectivity index (χ0) is 25.5. The van der Waals surface area contributed by atoms with Crippen LogP contribution in [0.15, 0.2) is 42.5 Å². The molecule has 1 N–H and O–H groups in total. The normalized spacial score (nSPS) is 12.1. The highest BCUT2D eigenvalue weighted by atomic mass is 19.4. The van der Waals surface area contributed by atoms with E-state index in [-0.39, 0.29) is 5.56 Å². The smallest absolute Gasteiger partial charge is 0.416 e. The van der Waals surface area contributed by atoms with Gasteiger partial charge in [0, 0.05) is 36.5 Å². The first-order valence-electron chi connectivity index (χ1n) is 10.8. The number of amides is 1. The summed E-state index contributed by atoms with van der Waals surface area (Å²) in [5, 5.41) is 2.61. The van der Waals surface area contributed by atoms with Crippen molar-refractivity contribution in [3.05, 3.63) is 59.4 Å². The number of benzene rings is 2. The van der Waals surface area contributed by atoms with Crippen LogP contribution >= 0.6 is 0 Å². The molecule has 0 aromatic heterocycles. The number of carbonyl (C=O) groups excluding carboxylic acids is 1. The molecule has 186 valence electrons. The fraction of sp³-hybridized carbons (Fsp3) is 0.400. The molecule has 0 aliphatic rings. The van der Waals surface area contributed by atoms with Gasteiger partial charge in [0.25, 0.3) is 0 Å². The van der Waals surface area contributed by atoms with Crippen molar-refractivity contribution in [2.75, 3.05) is 25.6 Å². The van der Waals surface area contributed by atoms with E-state index in [1.807, 2.05) is 0 Å². The third kappa shape index (κ3) is 8.06. The van der Waals surface area contributed by atoms with Gasteiger partial charge in [0.2, 0.25) is 5.91 Å². The van der Waals surface area contributed by atoms with E-state index in [1.54, 1.807) is 18.2 Å². The number of nitrogens with one attached hydrogen (secondary N) is 1. The molecular weight excluding hydrogens is 452 g/mol. The van der Waals surface area contributed by atoms with Crippen LogP contribution in [0.2, 0.25) is 0 Å². The van der Waals surface area contributed by atoms with Crippen LogP contribution in [0.3, 0.4) is 0 Å². The highest BCUT2D eigenvalue weighted by molar-refractivity contribution is 6.02. The van der Waals surface area contributed by atoms with E-state index in [1.165, 1.54) is 7.11 Å². The average molecular weight is 483 g/mol. The van der Waals surface area contributed by atoms with Gasteiger partial charge in [-0.05, 0) is 69.7 Å². The van der Waals surface area contributed by atoms with Gasteiger partial charge < -0.3 is 14.8 Å². The minimum absolute atomic E-state index is 0.0823. The quantitative estimate of drug-likeness (QED) is 0.333. The Bertz CT molecular complexity index is 996. The number of carbonyl (C=O) groups is 1. The maximum absolute atomic E-state index is 13.5. The van der Waals surface area contributed by atoms with Gasteiger partial charge >= 0.3 is 6.18 Å². The van der Waals surface area contributed by atoms with Gasteiger partial charge in [-0.25, -0.2) is 4.39 Å². The molecule has 2 aromatic rings. The largest absolute Gasteiger partial charge is 0.493 e. The highest BCUT2D eigenvalue weighted by Gasteiger charge is 2.31. The molecule has 0 unspecified atom stereocenters. The van der Waals surface area contributed by atoms with Crippen molar-refractivity contribution < 1.29 is 31.8 Å². The lowest BCUT2D eigenvalue weighted by atomic mass is 10.1. The molecule has 9 heteroatoms. The van der Waals surface area contributed by atoms with Crippen LogP contribution in [0.5, 0.6) is 11.5 Å². The van der Waals surface area contributed by atoms with Gasteiger partial charge in [0.15, 0.2) is 11.5 Å². The molecule has 5 nitrogen and oxygen atoms in total. The van der Waals surface area contributed by atoms with Crippen LogP contribution in [0.4, 0.5) is 23.2 Å². The molecule has 0 aliphatic heterocycles. The monoisotopic (exact) mass is 482 g/mol. The van der Waals surface area contributed by atoms with E-state index >= 15 is 0 Å². The minimum atomic E-state index is -4.69. The van der Waals surface area contributed by atoms with E-state index in [9.17, 15) is 22.4 Å². The summed E-state index contributed by atoms with van der Waals surface area (Å²) in [4.78, 5) is 14.6. The second kappa shape index (κ2) is 11.9. The van der Waals surface area contributed by atoms with Crippen LogP contribution in [0.1, 0.15) is 38.8 Å². The number of anilines is 1. The van der Waals surface area contributed by atoms with Crippen molar-refractivity contribution >= 4 is 17.7 Å². The van der Waals surface area contributed by atoms with Gasteiger partial charge in [-0.1, -0.05) is 0 Å². The Morgan fingerprint density at radius 3 is 2.32 bits per heavy atom. The van der Waals surface area contributed by atoms with E-state index in [0.717, 1.165) is 24.3 Å². The lowest BCUT2D eigenvalue weighted by Gasteiger charge is -2.30. The van der Waals surface area contributed by atoms with Crippen LogP contribution in [-0.2, 0) is 11.0 Å². The molecule has 2 aromatic carbocycles. The summed E-state index contributed by atoms with van der Waals surface area (Å²) in [7, 11) is 1.51. The number of halogens is 4. The Labute approximate surface area is 197 Å². The van der Waals surface area contributed by atoms with Crippen molar-refractivity contribution in [1.29, 1.82) is 0 Å². The molecule has 0 saturated heterocycles. The number of methoxy groups -OCH3 is 1. The fourth-order valence-corrected chi connectivity index (χ4v) is 3.47. The number of rotatable bonds is 10. The van der Waals surface area contributed by atoms with Crippen molar-refractivity contribution in [3.63, 3.8) is 0 Å². The van der Waals surface area contributed by atoms with Crippen molar-refractivity contribution in [1.82, 2.24) is 4.90 Å². The minimum Gasteiger partial charge on any atom is -0.493 e. The molecule has 0 radical (unpaired) electrons. The predicted molar refractivity (Wildman–Crippen MR) is 125 cm³/mol. The summed E-state index contributed by atoms with van der Waals surface area (Å²) >= 11 is 0. The number of alkyl halides is 3. The van der Waals surface area contributed by atoms with E-state index in [0.29, 0.717) is 48.5 Å². The highest BCUT2D eigenvalue weighted by Crippen LogP contribution is 2.31. The van der Waals surface area contributed by atoms with Crippen molar-refractivity contribution in [3.8, 4) is 11.5 Å². The SMILES string of the molecule is COc1ccc(NC(=O)/C=C/c2cc(F)cc(C(F)(F)F)c2)cc1OCCN(C(C)C)C(C)C. The van der Waals surface area contributed by atoms with E-state index < -0.39 is 23.5 Å². The van der Waals surface area contributed by atoms with Crippen LogP contribution in [0, 0.1) is 5.82 Å². The van der Waals surface area contributed by atoms with Crippen LogP contribution in [0.25, 0.3) is 6.08 Å². The molecule has 0 aliphatic carbocycles. The third-order valence-electron chi connectivity index (χ3n) is 5.04. The third-order valence-corrected chi connectivity index (χ3v) is 5.04. The Hall–Kier alpha value is -3.07. The molecule has 1 amide bonds. The first kappa shape index (κ1) is 27.2. The van der Waals surface area contributed by atoms with E-state index in [2.05, 4.69) is 37.9 Å². The first-order valence-corrected chi connectivity index (χ1v) is 10.8. The fourth-order valence-electron chi connectivity index (χ4n) is 3.47. The van der Waals surface area contributed by atoms with Crippen LogP contribution < -0.4 is 14.8 Å². The Morgan fingerprint density at radius 2 is 1.74 bits per heavy atom. The number of hydrogen-bond donors (Lipinski definition) is 1. The van der Waals surface area contributed by atoms with E-state index in [4.69, 9.17) is 9.47 Å². The molecular formula is C25H30F4N2O3. The zero-order valence-electron chi connectivity index (χ0n) is 19.9. The summed E-state index contributed by atoms with van der Waals surface area (Å²) in [5.41, 5.74) is -0.802. The van der Waals surface area contributed by atoms with Crippen molar-refractivity contribution in [2.45, 2.75) is 46.0 Å². The molecule has 0 saturated carbocycles. The number of nitrogens with zero attached hydrogens (tertiary/aromatic N) is 1. The molecule has 0 bridgehead atoms. The van der Waals surface area contributed by atoms with Gasteiger partial charge in [0.1, 0.15) is 12.4 Å². The maximum Gasteiger partial charge on any atom is 0.416 e. The lowest BCUT2D eigenvalue weighted by Crippen LogP contribution is -2.39. The number of hydrogen-bond acceptors (Lipinski definition) is 4. The summed E-state index contributed by atoms with van der Waals surface area (Å²) in [5.74, 6) is -0.703. The summed E-state index contributed by atoms with van der Waals surface area (Å²) in [6.45, 7) is 9.54. The Balaban J connectivity index is 2.08. The molecule has 0 heterocycles. The Kier molecular flexibility index (Phi) is 9.49. The van der Waals surface area contributed by atoms with Gasteiger partial charge in [-0.2, -0.15) is 13.2 Å². The molecule has 0 atom stereocenters. The molecule has 0 fully saturated rings. The molecule has 0 spiro atoms. The van der Waals surface area contributed by atoms with Gasteiger partial charge in [-0.3, -0.25) is 9.69 Å². The number of ether oxygens (including phenoxy) is 2. The summed E-state index contributed by atoms with van der Waals surface area (Å²) < 4.78 is 63.3. The summed E-state index contributed by atoms with van der Waals surface area (Å²) in [6, 6.07) is 7.64. The predicted octanol–water partition coefficient (Wildman–Crippen LogP) is 6.00. The topological polar surface area (TPSA) is 50.8 Å². The second-order valence-corrected chi connectivity index (χ2v) is 8.23. The van der Waals surface area contributed by atoms with Gasteiger partial charge in [0.05, 0.1) is 12.7 Å². The second-order valence-electron chi connectivity index (χ2n) is 8.23. The zero-order valence-corrected chi connectivity index (χ0v) is 19.9. The average Bonchev–Trinajstić information content (AvgIpc) is 2.74. The van der Waals surface area contributed by atoms with Gasteiger partial charge in [-0.15, -0.1) is 0 Å². The maximum atomic E-state index is 13.5. The standard InChI is InChI=1S/C25H30F4N2O3/c1-16(2)31(17(3)4)10-11-34-23-15-21(7-8-22(23)33-5)30-24(32)9-6-18-12-19(25(27,28)29)14-20(26)13-18/h6-9,12-17H,10-11H2,1-5H3,(H,30,32)/b9-6+. The summed E-state index contributed by atoms with van der Waals surface area (Å²) in [6.07, 6.45) is -2.54.